The molecule has 0 saturated carbocycles. The molecule has 19 heavy (non-hydrogen) atoms. The van der Waals surface area contributed by atoms with Gasteiger partial charge in [-0.1, -0.05) is 50.3 Å². The fraction of sp³-hybridized carbons (Fsp3) is 0.529. The maximum Gasteiger partial charge on any atom is 0.0240 e. The summed E-state index contributed by atoms with van der Waals surface area (Å²) in [4.78, 5) is 2.43. The lowest BCUT2D eigenvalue weighted by atomic mass is 10.1. The highest BCUT2D eigenvalue weighted by Gasteiger charge is 2.07. The molecule has 0 spiro atoms. The fourth-order valence-electron chi connectivity index (χ4n) is 2.19. The van der Waals surface area contributed by atoms with Crippen molar-refractivity contribution in [3.8, 4) is 0 Å². The van der Waals surface area contributed by atoms with Crippen molar-refractivity contribution in [3.05, 3.63) is 47.5 Å². The van der Waals surface area contributed by atoms with Crippen molar-refractivity contribution in [3.63, 3.8) is 0 Å². The second-order valence-electron chi connectivity index (χ2n) is 5.21. The van der Waals surface area contributed by atoms with E-state index in [2.05, 4.69) is 61.8 Å². The lowest BCUT2D eigenvalue weighted by Gasteiger charge is -2.22. The predicted molar refractivity (Wildman–Crippen MR) is 84.2 cm³/mol. The van der Waals surface area contributed by atoms with Gasteiger partial charge in [0, 0.05) is 19.6 Å². The van der Waals surface area contributed by atoms with Gasteiger partial charge in [0.15, 0.2) is 0 Å². The molecule has 2 nitrogen and oxygen atoms in total. The number of nitrogens with one attached hydrogen (secondary N) is 1. The molecule has 106 valence electrons. The van der Waals surface area contributed by atoms with Gasteiger partial charge in [-0.05, 0) is 37.6 Å². The maximum atomic E-state index is 4.01. The van der Waals surface area contributed by atoms with E-state index in [0.29, 0.717) is 0 Å². The Morgan fingerprint density at radius 3 is 2.47 bits per heavy atom. The van der Waals surface area contributed by atoms with Gasteiger partial charge in [0.1, 0.15) is 0 Å². The van der Waals surface area contributed by atoms with Crippen LogP contribution in [0.1, 0.15) is 38.3 Å². The van der Waals surface area contributed by atoms with Crippen LogP contribution in [0, 0.1) is 0 Å². The molecule has 0 aliphatic carbocycles. The Labute approximate surface area is 118 Å². The summed E-state index contributed by atoms with van der Waals surface area (Å²) < 4.78 is 0. The Morgan fingerprint density at radius 2 is 1.89 bits per heavy atom. The average molecular weight is 260 g/mol. The molecule has 0 aromatic heterocycles. The molecule has 2 heteroatoms. The zero-order chi connectivity index (χ0) is 14.1. The van der Waals surface area contributed by atoms with E-state index in [-0.39, 0.29) is 0 Å². The smallest absolute Gasteiger partial charge is 0.0240 e. The Balaban J connectivity index is 2.67. The van der Waals surface area contributed by atoms with Crippen molar-refractivity contribution >= 4 is 0 Å². The molecule has 0 radical (unpaired) electrons. The molecule has 0 saturated heterocycles. The molecule has 0 unspecified atom stereocenters. The van der Waals surface area contributed by atoms with Gasteiger partial charge in [0.05, 0.1) is 0 Å². The van der Waals surface area contributed by atoms with Crippen LogP contribution in [0.2, 0.25) is 0 Å². The monoisotopic (exact) mass is 260 g/mol. The summed E-state index contributed by atoms with van der Waals surface area (Å²) in [6.07, 6.45) is 1.18. The fourth-order valence-corrected chi connectivity index (χ4v) is 2.19. The van der Waals surface area contributed by atoms with E-state index in [0.717, 1.165) is 32.7 Å². The summed E-state index contributed by atoms with van der Waals surface area (Å²) >= 11 is 0. The first-order chi connectivity index (χ1) is 9.17. The van der Waals surface area contributed by atoms with Crippen molar-refractivity contribution in [2.75, 3.05) is 19.6 Å². The lowest BCUT2D eigenvalue weighted by Crippen LogP contribution is -2.25. The molecule has 0 heterocycles. The number of benzene rings is 1. The second kappa shape index (κ2) is 8.89. The summed E-state index contributed by atoms with van der Waals surface area (Å²) in [7, 11) is 0. The summed E-state index contributed by atoms with van der Waals surface area (Å²) in [6, 6.07) is 8.73. The quantitative estimate of drug-likeness (QED) is 0.539. The molecule has 0 amide bonds. The molecule has 0 fully saturated rings. The highest BCUT2D eigenvalue weighted by Crippen LogP contribution is 2.12. The van der Waals surface area contributed by atoms with E-state index in [1.807, 2.05) is 0 Å². The van der Waals surface area contributed by atoms with Crippen LogP contribution in [-0.4, -0.2) is 24.5 Å². The topological polar surface area (TPSA) is 15.3 Å². The van der Waals surface area contributed by atoms with Crippen LogP contribution in [0.4, 0.5) is 0 Å². The van der Waals surface area contributed by atoms with Gasteiger partial charge in [0.25, 0.3) is 0 Å². The van der Waals surface area contributed by atoms with Crippen molar-refractivity contribution in [2.24, 2.45) is 0 Å². The summed E-state index contributed by atoms with van der Waals surface area (Å²) in [6.45, 7) is 15.6. The summed E-state index contributed by atoms with van der Waals surface area (Å²) in [5, 5.41) is 3.49. The van der Waals surface area contributed by atoms with Crippen LogP contribution in [0.5, 0.6) is 0 Å². The maximum absolute atomic E-state index is 4.01. The highest BCUT2D eigenvalue weighted by atomic mass is 15.1. The Hall–Kier alpha value is -1.12. The predicted octanol–water partition coefficient (Wildman–Crippen LogP) is 3.58. The minimum Gasteiger partial charge on any atom is -0.313 e. The molecule has 0 aliphatic rings. The van der Waals surface area contributed by atoms with Gasteiger partial charge in [-0.3, -0.25) is 4.90 Å². The SMILES string of the molecule is C=C(C)CN(CC)Cc1ccccc1CNCCC. The Morgan fingerprint density at radius 1 is 1.21 bits per heavy atom. The summed E-state index contributed by atoms with van der Waals surface area (Å²) in [5.41, 5.74) is 4.06. The van der Waals surface area contributed by atoms with Gasteiger partial charge in [-0.25, -0.2) is 0 Å². The van der Waals surface area contributed by atoms with E-state index >= 15 is 0 Å². The number of hydrogen-bond acceptors (Lipinski definition) is 2. The Kier molecular flexibility index (Phi) is 7.46. The normalized spacial score (nSPS) is 10.9. The molecule has 1 aromatic carbocycles. The zero-order valence-electron chi connectivity index (χ0n) is 12.7. The molecular weight excluding hydrogens is 232 g/mol. The third kappa shape index (κ3) is 6.04. The minimum atomic E-state index is 0.967. The van der Waals surface area contributed by atoms with E-state index < -0.39 is 0 Å². The average Bonchev–Trinajstić information content (AvgIpc) is 2.39. The molecule has 0 aliphatic heterocycles. The van der Waals surface area contributed by atoms with E-state index in [1.165, 1.54) is 23.1 Å². The molecule has 1 aromatic rings. The van der Waals surface area contributed by atoms with Crippen LogP contribution >= 0.6 is 0 Å². The first kappa shape index (κ1) is 15.9. The zero-order valence-corrected chi connectivity index (χ0v) is 12.7. The van der Waals surface area contributed by atoms with Crippen molar-refractivity contribution < 1.29 is 0 Å². The van der Waals surface area contributed by atoms with Crippen molar-refractivity contribution in [1.29, 1.82) is 0 Å². The van der Waals surface area contributed by atoms with Crippen LogP contribution < -0.4 is 5.32 Å². The number of hydrogen-bond donors (Lipinski definition) is 1. The first-order valence-electron chi connectivity index (χ1n) is 7.31. The van der Waals surface area contributed by atoms with E-state index in [4.69, 9.17) is 0 Å². The molecular formula is C17H28N2. The van der Waals surface area contributed by atoms with Gasteiger partial charge < -0.3 is 5.32 Å². The molecule has 1 N–H and O–H groups in total. The largest absolute Gasteiger partial charge is 0.313 e. The minimum absolute atomic E-state index is 0.967. The highest BCUT2D eigenvalue weighted by molar-refractivity contribution is 5.27. The second-order valence-corrected chi connectivity index (χ2v) is 5.21. The molecule has 1 rings (SSSR count). The van der Waals surface area contributed by atoms with Crippen LogP contribution in [0.3, 0.4) is 0 Å². The van der Waals surface area contributed by atoms with Gasteiger partial charge in [-0.2, -0.15) is 0 Å². The van der Waals surface area contributed by atoms with Gasteiger partial charge in [0.2, 0.25) is 0 Å². The molecule has 0 atom stereocenters. The number of rotatable bonds is 9. The van der Waals surface area contributed by atoms with Crippen LogP contribution in [-0.2, 0) is 13.1 Å². The number of likely N-dealkylation sites (N-methyl/N-ethyl adjacent to an activating group) is 1. The van der Waals surface area contributed by atoms with Gasteiger partial charge in [-0.15, -0.1) is 0 Å². The Bertz CT molecular complexity index is 385. The van der Waals surface area contributed by atoms with E-state index in [1.54, 1.807) is 0 Å². The van der Waals surface area contributed by atoms with Crippen molar-refractivity contribution in [2.45, 2.75) is 40.3 Å². The third-order valence-corrected chi connectivity index (χ3v) is 3.20. The van der Waals surface area contributed by atoms with E-state index in [9.17, 15) is 0 Å². The van der Waals surface area contributed by atoms with Crippen molar-refractivity contribution in [1.82, 2.24) is 10.2 Å². The third-order valence-electron chi connectivity index (χ3n) is 3.20. The lowest BCUT2D eigenvalue weighted by molar-refractivity contribution is 0.303. The van der Waals surface area contributed by atoms with Gasteiger partial charge >= 0.3 is 0 Å². The van der Waals surface area contributed by atoms with Crippen LogP contribution in [0.15, 0.2) is 36.4 Å². The summed E-state index contributed by atoms with van der Waals surface area (Å²) in [5.74, 6) is 0. The first-order valence-corrected chi connectivity index (χ1v) is 7.31. The van der Waals surface area contributed by atoms with Crippen LogP contribution in [0.25, 0.3) is 0 Å². The number of nitrogens with zero attached hydrogens (tertiary/aromatic N) is 1. The molecule has 0 bridgehead atoms. The standard InChI is InChI=1S/C17H28N2/c1-5-11-18-12-16-9-7-8-10-17(16)14-19(6-2)13-15(3)4/h7-10,18H,3,5-6,11-14H2,1-2,4H3.